The Morgan fingerprint density at radius 1 is 1.56 bits per heavy atom. The highest BCUT2D eigenvalue weighted by atomic mass is 32.1. The lowest BCUT2D eigenvalue weighted by molar-refractivity contribution is -0.139. The fraction of sp³-hybridized carbons (Fsp3) is 0.556. The number of aromatic nitrogens is 2. The summed E-state index contributed by atoms with van der Waals surface area (Å²) in [6.45, 7) is 3.52. The number of amides is 1. The fourth-order valence-corrected chi connectivity index (χ4v) is 1.77. The largest absolute Gasteiger partial charge is 0.480 e. The van der Waals surface area contributed by atoms with Gasteiger partial charge in [0.25, 0.3) is 5.91 Å². The average molecular weight is 243 g/mol. The van der Waals surface area contributed by atoms with Crippen LogP contribution in [0.5, 0.6) is 0 Å². The predicted molar refractivity (Wildman–Crippen MR) is 58.4 cm³/mol. The topological polar surface area (TPSA) is 92.2 Å². The third kappa shape index (κ3) is 2.99. The van der Waals surface area contributed by atoms with E-state index in [-0.39, 0.29) is 0 Å². The number of aryl methyl sites for hydroxylation is 1. The summed E-state index contributed by atoms with van der Waals surface area (Å²) in [5, 5.41) is 15.0. The first-order valence-electron chi connectivity index (χ1n) is 4.88. The van der Waals surface area contributed by atoms with Gasteiger partial charge in [-0.15, -0.1) is 5.10 Å². The number of carboxylic acid groups (broad SMARTS) is 1. The van der Waals surface area contributed by atoms with Crippen LogP contribution in [0.25, 0.3) is 0 Å². The molecule has 1 aromatic rings. The van der Waals surface area contributed by atoms with E-state index in [0.29, 0.717) is 23.4 Å². The zero-order chi connectivity index (χ0) is 12.1. The molecule has 0 bridgehead atoms. The molecule has 16 heavy (non-hydrogen) atoms. The van der Waals surface area contributed by atoms with Crippen LogP contribution < -0.4 is 5.32 Å². The SMILES string of the molecule is CCC[C@H](NC(=O)c1snnc1C)C(=O)O. The monoisotopic (exact) mass is 243 g/mol. The van der Waals surface area contributed by atoms with Crippen LogP contribution in [0, 0.1) is 6.92 Å². The van der Waals surface area contributed by atoms with Crippen LogP contribution in [0.4, 0.5) is 0 Å². The summed E-state index contributed by atoms with van der Waals surface area (Å²) in [5.41, 5.74) is 0.517. The number of carboxylic acids is 1. The lowest BCUT2D eigenvalue weighted by Crippen LogP contribution is -2.40. The van der Waals surface area contributed by atoms with Gasteiger partial charge >= 0.3 is 5.97 Å². The number of aliphatic carboxylic acids is 1. The van der Waals surface area contributed by atoms with E-state index in [4.69, 9.17) is 5.11 Å². The van der Waals surface area contributed by atoms with Crippen LogP contribution in [-0.4, -0.2) is 32.6 Å². The molecular formula is C9H13N3O3S. The minimum Gasteiger partial charge on any atom is -0.480 e. The number of rotatable bonds is 5. The maximum atomic E-state index is 11.7. The molecule has 0 aromatic carbocycles. The van der Waals surface area contributed by atoms with E-state index in [1.54, 1.807) is 6.92 Å². The number of nitrogens with one attached hydrogen (secondary N) is 1. The molecule has 1 heterocycles. The molecule has 0 aliphatic heterocycles. The van der Waals surface area contributed by atoms with Gasteiger partial charge in [-0.2, -0.15) is 0 Å². The Bertz CT molecular complexity index is 391. The molecule has 1 amide bonds. The third-order valence-electron chi connectivity index (χ3n) is 2.04. The molecule has 0 fully saturated rings. The van der Waals surface area contributed by atoms with Crippen molar-refractivity contribution in [2.24, 2.45) is 0 Å². The Morgan fingerprint density at radius 3 is 2.69 bits per heavy atom. The number of nitrogens with zero attached hydrogens (tertiary/aromatic N) is 2. The standard InChI is InChI=1S/C9H13N3O3S/c1-3-4-6(9(14)15)10-8(13)7-5(2)11-12-16-7/h6H,3-4H2,1-2H3,(H,10,13)(H,14,15)/t6-/m0/s1. The first-order chi connectivity index (χ1) is 7.56. The zero-order valence-electron chi connectivity index (χ0n) is 9.06. The van der Waals surface area contributed by atoms with Crippen LogP contribution in [0.15, 0.2) is 0 Å². The van der Waals surface area contributed by atoms with Crippen molar-refractivity contribution in [1.29, 1.82) is 0 Å². The number of carbonyl (C=O) groups is 2. The maximum absolute atomic E-state index is 11.7. The summed E-state index contributed by atoms with van der Waals surface area (Å²) in [4.78, 5) is 22.9. The lowest BCUT2D eigenvalue weighted by atomic mass is 10.1. The van der Waals surface area contributed by atoms with Gasteiger partial charge in [-0.05, 0) is 24.9 Å². The molecule has 1 atom stereocenters. The van der Waals surface area contributed by atoms with Crippen LogP contribution in [0.1, 0.15) is 35.1 Å². The van der Waals surface area contributed by atoms with E-state index < -0.39 is 17.9 Å². The van der Waals surface area contributed by atoms with Crippen molar-refractivity contribution in [3.63, 3.8) is 0 Å². The molecule has 7 heteroatoms. The van der Waals surface area contributed by atoms with Crippen molar-refractivity contribution in [2.45, 2.75) is 32.7 Å². The van der Waals surface area contributed by atoms with Gasteiger partial charge in [0.15, 0.2) is 0 Å². The minimum atomic E-state index is -1.02. The predicted octanol–water partition coefficient (Wildman–Crippen LogP) is 0.830. The molecule has 0 saturated carbocycles. The van der Waals surface area contributed by atoms with Gasteiger partial charge < -0.3 is 10.4 Å². The van der Waals surface area contributed by atoms with E-state index in [1.807, 2.05) is 6.92 Å². The summed E-state index contributed by atoms with van der Waals surface area (Å²) >= 11 is 0.963. The van der Waals surface area contributed by atoms with Crippen molar-refractivity contribution in [2.75, 3.05) is 0 Å². The van der Waals surface area contributed by atoms with Gasteiger partial charge in [0.2, 0.25) is 0 Å². The molecule has 88 valence electrons. The van der Waals surface area contributed by atoms with Gasteiger partial charge in [0.1, 0.15) is 10.9 Å². The average Bonchev–Trinajstić information content (AvgIpc) is 2.63. The summed E-state index contributed by atoms with van der Waals surface area (Å²) in [6, 6.07) is -0.848. The zero-order valence-corrected chi connectivity index (χ0v) is 9.87. The quantitative estimate of drug-likeness (QED) is 0.799. The Hall–Kier alpha value is -1.50. The lowest BCUT2D eigenvalue weighted by Gasteiger charge is -2.12. The highest BCUT2D eigenvalue weighted by Gasteiger charge is 2.21. The van der Waals surface area contributed by atoms with E-state index in [9.17, 15) is 9.59 Å². The van der Waals surface area contributed by atoms with Gasteiger partial charge in [0, 0.05) is 0 Å². The van der Waals surface area contributed by atoms with Crippen molar-refractivity contribution in [3.8, 4) is 0 Å². The first kappa shape index (κ1) is 12.6. The summed E-state index contributed by atoms with van der Waals surface area (Å²) in [5.74, 6) is -1.45. The van der Waals surface area contributed by atoms with Crippen molar-refractivity contribution >= 4 is 23.4 Å². The van der Waals surface area contributed by atoms with Crippen LogP contribution in [0.3, 0.4) is 0 Å². The number of hydrogen-bond acceptors (Lipinski definition) is 5. The van der Waals surface area contributed by atoms with Crippen molar-refractivity contribution < 1.29 is 14.7 Å². The normalized spacial score (nSPS) is 12.1. The van der Waals surface area contributed by atoms with Crippen LogP contribution in [-0.2, 0) is 4.79 Å². The second-order valence-electron chi connectivity index (χ2n) is 3.34. The maximum Gasteiger partial charge on any atom is 0.326 e. The fourth-order valence-electron chi connectivity index (χ4n) is 1.21. The van der Waals surface area contributed by atoms with E-state index in [0.717, 1.165) is 11.5 Å². The van der Waals surface area contributed by atoms with Gasteiger partial charge in [-0.3, -0.25) is 4.79 Å². The molecule has 0 aliphatic carbocycles. The highest BCUT2D eigenvalue weighted by Crippen LogP contribution is 2.09. The van der Waals surface area contributed by atoms with E-state index >= 15 is 0 Å². The van der Waals surface area contributed by atoms with Gasteiger partial charge in [-0.1, -0.05) is 17.8 Å². The summed E-state index contributed by atoms with van der Waals surface area (Å²) < 4.78 is 3.62. The number of carbonyl (C=O) groups excluding carboxylic acids is 1. The minimum absolute atomic E-state index is 0.363. The smallest absolute Gasteiger partial charge is 0.326 e. The summed E-state index contributed by atoms with van der Waals surface area (Å²) in [6.07, 6.45) is 1.10. The van der Waals surface area contributed by atoms with Gasteiger partial charge in [0.05, 0.1) is 5.69 Å². The molecule has 2 N–H and O–H groups in total. The molecule has 0 radical (unpaired) electrons. The Labute approximate surface area is 96.8 Å². The molecule has 0 aliphatic rings. The molecule has 1 aromatic heterocycles. The molecule has 6 nitrogen and oxygen atoms in total. The first-order valence-corrected chi connectivity index (χ1v) is 5.66. The van der Waals surface area contributed by atoms with Crippen molar-refractivity contribution in [3.05, 3.63) is 10.6 Å². The second kappa shape index (κ2) is 5.55. The molecule has 0 unspecified atom stereocenters. The van der Waals surface area contributed by atoms with E-state index in [2.05, 4.69) is 14.9 Å². The molecular weight excluding hydrogens is 230 g/mol. The van der Waals surface area contributed by atoms with Gasteiger partial charge in [-0.25, -0.2) is 4.79 Å². The molecule has 0 saturated heterocycles. The Balaban J connectivity index is 2.69. The highest BCUT2D eigenvalue weighted by molar-refractivity contribution is 7.08. The Kier molecular flexibility index (Phi) is 4.36. The van der Waals surface area contributed by atoms with Crippen molar-refractivity contribution in [1.82, 2.24) is 14.9 Å². The molecule has 1 rings (SSSR count). The number of hydrogen-bond donors (Lipinski definition) is 2. The van der Waals surface area contributed by atoms with Crippen LogP contribution >= 0.6 is 11.5 Å². The molecule has 0 spiro atoms. The van der Waals surface area contributed by atoms with Crippen LogP contribution in [0.2, 0.25) is 0 Å². The Morgan fingerprint density at radius 2 is 2.25 bits per heavy atom. The third-order valence-corrected chi connectivity index (χ3v) is 2.87. The second-order valence-corrected chi connectivity index (χ2v) is 4.09. The van der Waals surface area contributed by atoms with E-state index in [1.165, 1.54) is 0 Å². The summed E-state index contributed by atoms with van der Waals surface area (Å²) in [7, 11) is 0.